The van der Waals surface area contributed by atoms with Crippen LogP contribution in [0.2, 0.25) is 0 Å². The number of methoxy groups -OCH3 is 1. The molecule has 0 unspecified atom stereocenters. The zero-order chi connectivity index (χ0) is 14.1. The van der Waals surface area contributed by atoms with Gasteiger partial charge in [-0.25, -0.2) is 0 Å². The molecule has 0 spiro atoms. The molecule has 2 N–H and O–H groups in total. The second kappa shape index (κ2) is 5.38. The molecular weight excluding hydrogens is 292 g/mol. The van der Waals surface area contributed by atoms with Crippen LogP contribution in [-0.2, 0) is 0 Å². The first-order valence-electron chi connectivity index (χ1n) is 6.16. The van der Waals surface area contributed by atoms with E-state index in [9.17, 15) is 4.79 Å². The molecule has 4 nitrogen and oxygen atoms in total. The Labute approximate surface area is 125 Å². The summed E-state index contributed by atoms with van der Waals surface area (Å²) in [6.45, 7) is 0.682. The highest BCUT2D eigenvalue weighted by molar-refractivity contribution is 7.99. The van der Waals surface area contributed by atoms with Crippen LogP contribution in [0.25, 0.3) is 0 Å². The van der Waals surface area contributed by atoms with Crippen LogP contribution in [0.15, 0.2) is 34.5 Å². The van der Waals surface area contributed by atoms with Gasteiger partial charge in [-0.3, -0.25) is 4.79 Å². The molecule has 1 aromatic heterocycles. The maximum atomic E-state index is 12.7. The van der Waals surface area contributed by atoms with Crippen molar-refractivity contribution in [3.8, 4) is 5.75 Å². The van der Waals surface area contributed by atoms with E-state index < -0.39 is 0 Å². The lowest BCUT2D eigenvalue weighted by Gasteiger charge is -2.29. The Bertz CT molecular complexity index is 654. The molecule has 1 aliphatic heterocycles. The van der Waals surface area contributed by atoms with Crippen molar-refractivity contribution in [2.45, 2.75) is 4.90 Å². The highest BCUT2D eigenvalue weighted by atomic mass is 32.2. The molecule has 0 radical (unpaired) electrons. The van der Waals surface area contributed by atoms with E-state index in [1.54, 1.807) is 23.8 Å². The average molecular weight is 306 g/mol. The lowest BCUT2D eigenvalue weighted by atomic mass is 10.2. The molecule has 1 amide bonds. The summed E-state index contributed by atoms with van der Waals surface area (Å²) in [5.41, 5.74) is 7.41. The Morgan fingerprint density at radius 2 is 2.25 bits per heavy atom. The lowest BCUT2D eigenvalue weighted by molar-refractivity contribution is 0.0989. The molecule has 1 aliphatic rings. The summed E-state index contributed by atoms with van der Waals surface area (Å²) >= 11 is 3.15. The van der Waals surface area contributed by atoms with Gasteiger partial charge in [0.15, 0.2) is 0 Å². The van der Waals surface area contributed by atoms with Crippen molar-refractivity contribution in [3.63, 3.8) is 0 Å². The predicted octanol–water partition coefficient (Wildman–Crippen LogP) is 3.09. The Morgan fingerprint density at radius 1 is 1.40 bits per heavy atom. The number of hydrogen-bond acceptors (Lipinski definition) is 5. The van der Waals surface area contributed by atoms with Gasteiger partial charge in [0.25, 0.3) is 5.91 Å². The van der Waals surface area contributed by atoms with Crippen LogP contribution in [0.4, 0.5) is 11.4 Å². The second-order valence-electron chi connectivity index (χ2n) is 4.35. The van der Waals surface area contributed by atoms with Crippen molar-refractivity contribution in [1.82, 2.24) is 0 Å². The molecule has 0 aliphatic carbocycles. The molecule has 2 heterocycles. The summed E-state index contributed by atoms with van der Waals surface area (Å²) < 4.78 is 5.24. The third-order valence-electron chi connectivity index (χ3n) is 3.13. The summed E-state index contributed by atoms with van der Waals surface area (Å²) in [6, 6.07) is 7.52. The fraction of sp³-hybridized carbons (Fsp3) is 0.214. The van der Waals surface area contributed by atoms with E-state index in [-0.39, 0.29) is 5.91 Å². The van der Waals surface area contributed by atoms with Crippen LogP contribution in [-0.4, -0.2) is 25.3 Å². The third kappa shape index (κ3) is 2.25. The monoisotopic (exact) mass is 306 g/mol. The van der Waals surface area contributed by atoms with E-state index in [0.717, 1.165) is 16.3 Å². The Hall–Kier alpha value is -1.66. The zero-order valence-corrected chi connectivity index (χ0v) is 12.6. The number of ether oxygens (including phenoxy) is 1. The van der Waals surface area contributed by atoms with E-state index in [1.807, 2.05) is 29.6 Å². The average Bonchev–Trinajstić information content (AvgIpc) is 2.94. The standard InChI is InChI=1S/C14H14N2O2S2/c1-18-11-4-6-20-13(11)14(17)16-5-7-19-12-3-2-9(15)8-10(12)16/h2-4,6,8H,5,7,15H2,1H3. The summed E-state index contributed by atoms with van der Waals surface area (Å²) in [5, 5.41) is 1.87. The number of fused-ring (bicyclic) bond motifs is 1. The van der Waals surface area contributed by atoms with Crippen LogP contribution in [0.3, 0.4) is 0 Å². The highest BCUT2D eigenvalue weighted by Gasteiger charge is 2.27. The Morgan fingerprint density at radius 3 is 3.05 bits per heavy atom. The number of nitrogen functional groups attached to an aromatic ring is 1. The van der Waals surface area contributed by atoms with Gasteiger partial charge in [0.2, 0.25) is 0 Å². The second-order valence-corrected chi connectivity index (χ2v) is 6.40. The number of hydrogen-bond donors (Lipinski definition) is 1. The van der Waals surface area contributed by atoms with E-state index in [4.69, 9.17) is 10.5 Å². The van der Waals surface area contributed by atoms with Crippen LogP contribution in [0.5, 0.6) is 5.75 Å². The minimum atomic E-state index is -0.0241. The minimum Gasteiger partial charge on any atom is -0.495 e. The van der Waals surface area contributed by atoms with Gasteiger partial charge < -0.3 is 15.4 Å². The number of carbonyl (C=O) groups excluding carboxylic acids is 1. The Kier molecular flexibility index (Phi) is 3.58. The molecule has 2 aromatic rings. The van der Waals surface area contributed by atoms with Crippen LogP contribution >= 0.6 is 23.1 Å². The molecule has 20 heavy (non-hydrogen) atoms. The predicted molar refractivity (Wildman–Crippen MR) is 84.1 cm³/mol. The maximum absolute atomic E-state index is 12.7. The molecule has 0 fully saturated rings. The van der Waals surface area contributed by atoms with Crippen molar-refractivity contribution in [1.29, 1.82) is 0 Å². The van der Waals surface area contributed by atoms with Gasteiger partial charge in [0.05, 0.1) is 12.8 Å². The third-order valence-corrected chi connectivity index (χ3v) is 5.06. The van der Waals surface area contributed by atoms with E-state index >= 15 is 0 Å². The fourth-order valence-corrected chi connectivity index (χ4v) is 3.96. The van der Waals surface area contributed by atoms with Crippen molar-refractivity contribution < 1.29 is 9.53 Å². The molecule has 1 aromatic carbocycles. The van der Waals surface area contributed by atoms with Gasteiger partial charge >= 0.3 is 0 Å². The van der Waals surface area contributed by atoms with Crippen molar-refractivity contribution >= 4 is 40.4 Å². The molecule has 104 valence electrons. The van der Waals surface area contributed by atoms with Crippen LogP contribution in [0.1, 0.15) is 9.67 Å². The largest absolute Gasteiger partial charge is 0.495 e. The number of thiophene rings is 1. The number of carbonyl (C=O) groups is 1. The van der Waals surface area contributed by atoms with Crippen molar-refractivity contribution in [2.24, 2.45) is 0 Å². The first kappa shape index (κ1) is 13.3. The SMILES string of the molecule is COc1ccsc1C(=O)N1CCSc2ccc(N)cc21. The summed E-state index contributed by atoms with van der Waals surface area (Å²) in [7, 11) is 1.58. The first-order valence-corrected chi connectivity index (χ1v) is 8.03. The van der Waals surface area contributed by atoms with Crippen molar-refractivity contribution in [2.75, 3.05) is 30.0 Å². The quantitative estimate of drug-likeness (QED) is 0.866. The van der Waals surface area contributed by atoms with Crippen molar-refractivity contribution in [3.05, 3.63) is 34.5 Å². The number of nitrogens with two attached hydrogens (primary N) is 1. The summed E-state index contributed by atoms with van der Waals surface area (Å²) in [5.74, 6) is 1.49. The topological polar surface area (TPSA) is 55.6 Å². The molecule has 0 bridgehead atoms. The van der Waals surface area contributed by atoms with Gasteiger partial charge in [0.1, 0.15) is 10.6 Å². The number of amides is 1. The van der Waals surface area contributed by atoms with Gasteiger partial charge in [0, 0.05) is 22.9 Å². The van der Waals surface area contributed by atoms with Crippen LogP contribution in [0, 0.1) is 0 Å². The first-order chi connectivity index (χ1) is 9.70. The number of anilines is 2. The molecule has 0 saturated heterocycles. The van der Waals surface area contributed by atoms with E-state index in [2.05, 4.69) is 0 Å². The molecule has 6 heteroatoms. The van der Waals surface area contributed by atoms with E-state index in [1.165, 1.54) is 11.3 Å². The fourth-order valence-electron chi connectivity index (χ4n) is 2.18. The molecule has 0 saturated carbocycles. The summed E-state index contributed by atoms with van der Waals surface area (Å²) in [6.07, 6.45) is 0. The van der Waals surface area contributed by atoms with Crippen LogP contribution < -0.4 is 15.4 Å². The molecular formula is C14H14N2O2S2. The maximum Gasteiger partial charge on any atom is 0.272 e. The van der Waals surface area contributed by atoms with Gasteiger partial charge in [-0.2, -0.15) is 0 Å². The number of rotatable bonds is 2. The minimum absolute atomic E-state index is 0.0241. The number of thioether (sulfide) groups is 1. The molecule has 3 rings (SSSR count). The molecule has 0 atom stereocenters. The number of nitrogens with zero attached hydrogens (tertiary/aromatic N) is 1. The lowest BCUT2D eigenvalue weighted by Crippen LogP contribution is -2.35. The van der Waals surface area contributed by atoms with E-state index in [0.29, 0.717) is 22.9 Å². The normalized spacial score (nSPS) is 13.9. The van der Waals surface area contributed by atoms with Gasteiger partial charge in [-0.05, 0) is 29.6 Å². The Balaban J connectivity index is 2.00. The summed E-state index contributed by atoms with van der Waals surface area (Å²) in [4.78, 5) is 16.2. The highest BCUT2D eigenvalue weighted by Crippen LogP contribution is 2.38. The van der Waals surface area contributed by atoms with Gasteiger partial charge in [-0.15, -0.1) is 23.1 Å². The van der Waals surface area contributed by atoms with Gasteiger partial charge in [-0.1, -0.05) is 0 Å². The zero-order valence-electron chi connectivity index (χ0n) is 11.0. The number of benzene rings is 1. The smallest absolute Gasteiger partial charge is 0.272 e.